The van der Waals surface area contributed by atoms with Crippen molar-refractivity contribution >= 4 is 11.6 Å². The summed E-state index contributed by atoms with van der Waals surface area (Å²) in [7, 11) is 0. The molecule has 2 N–H and O–H groups in total. The SMILES string of the molecule is Nc1nc2ccc[c-]n2n1.[Li+]. The molecule has 0 spiro atoms. The van der Waals surface area contributed by atoms with Crippen LogP contribution < -0.4 is 24.6 Å². The average molecular weight is 140 g/mol. The number of nitrogens with two attached hydrogens (primary N) is 1. The van der Waals surface area contributed by atoms with E-state index < -0.39 is 0 Å². The fraction of sp³-hybridized carbons (Fsp3) is 0. The van der Waals surface area contributed by atoms with Gasteiger partial charge in [0, 0.05) is 5.65 Å². The number of hydrogen-bond acceptors (Lipinski definition) is 3. The van der Waals surface area contributed by atoms with Gasteiger partial charge in [-0.2, -0.15) is 17.2 Å². The van der Waals surface area contributed by atoms with Crippen LogP contribution in [0.2, 0.25) is 0 Å². The Hall–Kier alpha value is -0.983. The summed E-state index contributed by atoms with van der Waals surface area (Å²) in [6, 6.07) is 5.41. The van der Waals surface area contributed by atoms with E-state index >= 15 is 0 Å². The van der Waals surface area contributed by atoms with Crippen molar-refractivity contribution in [2.24, 2.45) is 0 Å². The Kier molecular flexibility index (Phi) is 2.18. The molecular weight excluding hydrogens is 135 g/mol. The van der Waals surface area contributed by atoms with Crippen molar-refractivity contribution in [2.45, 2.75) is 0 Å². The zero-order chi connectivity index (χ0) is 6.97. The predicted molar refractivity (Wildman–Crippen MR) is 36.2 cm³/mol. The molecule has 2 aromatic heterocycles. The minimum absolute atomic E-state index is 0. The number of aromatic nitrogens is 3. The summed E-state index contributed by atoms with van der Waals surface area (Å²) in [5.41, 5.74) is 6.05. The molecule has 2 aromatic rings. The third kappa shape index (κ3) is 1.37. The van der Waals surface area contributed by atoms with Crippen molar-refractivity contribution in [1.29, 1.82) is 0 Å². The van der Waals surface area contributed by atoms with Gasteiger partial charge in [0.1, 0.15) is 0 Å². The maximum Gasteiger partial charge on any atom is 1.00 e. The average Bonchev–Trinajstić information content (AvgIpc) is 2.27. The van der Waals surface area contributed by atoms with Crippen LogP contribution in [0.15, 0.2) is 18.2 Å². The van der Waals surface area contributed by atoms with Gasteiger partial charge in [-0.25, -0.2) is 0 Å². The van der Waals surface area contributed by atoms with Gasteiger partial charge in [-0.3, -0.25) is 4.98 Å². The third-order valence-electron chi connectivity index (χ3n) is 1.19. The fourth-order valence-corrected chi connectivity index (χ4v) is 0.791. The van der Waals surface area contributed by atoms with Gasteiger partial charge in [0.2, 0.25) is 5.95 Å². The number of nitrogen functional groups attached to an aromatic ring is 1. The largest absolute Gasteiger partial charge is 1.00 e. The summed E-state index contributed by atoms with van der Waals surface area (Å²) < 4.78 is 1.51. The number of nitrogens with zero attached hydrogens (tertiary/aromatic N) is 3. The molecular formula is C6H5LiN4. The zero-order valence-corrected chi connectivity index (χ0v) is 6.15. The molecule has 11 heavy (non-hydrogen) atoms. The number of fused-ring (bicyclic) bond motifs is 1. The molecule has 0 aliphatic rings. The molecule has 0 aliphatic heterocycles. The summed E-state index contributed by atoms with van der Waals surface area (Å²) >= 11 is 0. The number of pyridine rings is 1. The van der Waals surface area contributed by atoms with E-state index in [1.807, 2.05) is 12.1 Å². The van der Waals surface area contributed by atoms with Crippen molar-refractivity contribution in [2.75, 3.05) is 5.73 Å². The van der Waals surface area contributed by atoms with E-state index in [4.69, 9.17) is 5.73 Å². The van der Waals surface area contributed by atoms with E-state index in [-0.39, 0.29) is 24.8 Å². The molecule has 0 bridgehead atoms. The first-order chi connectivity index (χ1) is 4.86. The van der Waals surface area contributed by atoms with Gasteiger partial charge < -0.3 is 10.2 Å². The first-order valence-electron chi connectivity index (χ1n) is 2.85. The topological polar surface area (TPSA) is 56.2 Å². The number of rotatable bonds is 0. The van der Waals surface area contributed by atoms with Crippen LogP contribution in [0.4, 0.5) is 5.95 Å². The maximum absolute atomic E-state index is 5.33. The second-order valence-corrected chi connectivity index (χ2v) is 1.89. The number of hydrogen-bond donors (Lipinski definition) is 1. The molecule has 2 rings (SSSR count). The van der Waals surface area contributed by atoms with Crippen molar-refractivity contribution in [3.63, 3.8) is 0 Å². The summed E-state index contributed by atoms with van der Waals surface area (Å²) in [6.45, 7) is 0. The molecule has 0 aliphatic carbocycles. The van der Waals surface area contributed by atoms with Crippen molar-refractivity contribution in [3.8, 4) is 0 Å². The van der Waals surface area contributed by atoms with Crippen LogP contribution in [-0.2, 0) is 0 Å². The van der Waals surface area contributed by atoms with Crippen LogP contribution in [0.1, 0.15) is 0 Å². The Morgan fingerprint density at radius 3 is 3.09 bits per heavy atom. The van der Waals surface area contributed by atoms with Crippen LogP contribution in [0.3, 0.4) is 0 Å². The zero-order valence-electron chi connectivity index (χ0n) is 6.15. The van der Waals surface area contributed by atoms with Gasteiger partial charge in [-0.15, -0.1) is 6.07 Å². The summed E-state index contributed by atoms with van der Waals surface area (Å²) in [5.74, 6) is 0.280. The van der Waals surface area contributed by atoms with Crippen molar-refractivity contribution < 1.29 is 18.9 Å². The first-order valence-corrected chi connectivity index (χ1v) is 2.85. The molecule has 4 nitrogen and oxygen atoms in total. The van der Waals surface area contributed by atoms with Crippen molar-refractivity contribution in [3.05, 3.63) is 24.4 Å². The molecule has 0 saturated heterocycles. The summed E-state index contributed by atoms with van der Waals surface area (Å²) in [6.07, 6.45) is 2.83. The Morgan fingerprint density at radius 2 is 2.36 bits per heavy atom. The van der Waals surface area contributed by atoms with Gasteiger partial charge in [0.15, 0.2) is 0 Å². The molecule has 0 radical (unpaired) electrons. The van der Waals surface area contributed by atoms with E-state index in [9.17, 15) is 0 Å². The van der Waals surface area contributed by atoms with Gasteiger partial charge >= 0.3 is 18.9 Å². The van der Waals surface area contributed by atoms with E-state index in [1.54, 1.807) is 6.07 Å². The molecule has 0 saturated carbocycles. The van der Waals surface area contributed by atoms with Gasteiger partial charge in [0.05, 0.1) is 0 Å². The minimum Gasteiger partial charge on any atom is -0.367 e. The van der Waals surface area contributed by atoms with Gasteiger partial charge in [0.25, 0.3) is 0 Å². The Bertz CT molecular complexity index is 323. The Balaban J connectivity index is 0.000000605. The van der Waals surface area contributed by atoms with E-state index in [0.717, 1.165) is 5.65 Å². The van der Waals surface area contributed by atoms with Crippen LogP contribution in [-0.4, -0.2) is 14.6 Å². The monoisotopic (exact) mass is 140 g/mol. The number of anilines is 1. The molecule has 0 atom stereocenters. The standard InChI is InChI=1S/C6H5N4.Li/c7-6-8-5-3-1-2-4-10(5)9-6;/h1-3H,(H2,7,9);/q-1;+1. The van der Waals surface area contributed by atoms with E-state index in [2.05, 4.69) is 16.3 Å². The normalized spacial score (nSPS) is 9.45. The van der Waals surface area contributed by atoms with Gasteiger partial charge in [-0.1, -0.05) is 6.20 Å². The molecule has 0 aromatic carbocycles. The molecule has 0 unspecified atom stereocenters. The fourth-order valence-electron chi connectivity index (χ4n) is 0.791. The Labute approximate surface area is 75.6 Å². The molecule has 0 amide bonds. The van der Waals surface area contributed by atoms with Crippen LogP contribution >= 0.6 is 0 Å². The van der Waals surface area contributed by atoms with Gasteiger partial charge in [-0.05, 0) is 0 Å². The van der Waals surface area contributed by atoms with E-state index in [0.29, 0.717) is 0 Å². The summed E-state index contributed by atoms with van der Waals surface area (Å²) in [4.78, 5) is 3.91. The molecule has 2 heterocycles. The first kappa shape index (κ1) is 8.12. The molecule has 5 heteroatoms. The van der Waals surface area contributed by atoms with Crippen LogP contribution in [0.25, 0.3) is 5.65 Å². The van der Waals surface area contributed by atoms with Crippen LogP contribution in [0.5, 0.6) is 0 Å². The second kappa shape index (κ2) is 2.95. The molecule has 50 valence electrons. The summed E-state index contributed by atoms with van der Waals surface area (Å²) in [5, 5.41) is 3.84. The minimum atomic E-state index is 0. The van der Waals surface area contributed by atoms with E-state index in [1.165, 1.54) is 4.52 Å². The Morgan fingerprint density at radius 1 is 1.55 bits per heavy atom. The predicted octanol–water partition coefficient (Wildman–Crippen LogP) is -2.88. The van der Waals surface area contributed by atoms with Crippen molar-refractivity contribution in [1.82, 2.24) is 14.6 Å². The maximum atomic E-state index is 5.33. The van der Waals surface area contributed by atoms with Crippen LogP contribution in [0, 0.1) is 6.20 Å². The smallest absolute Gasteiger partial charge is 0.367 e. The second-order valence-electron chi connectivity index (χ2n) is 1.89. The molecule has 0 fully saturated rings. The quantitative estimate of drug-likeness (QED) is 0.316. The third-order valence-corrected chi connectivity index (χ3v) is 1.19.